The maximum absolute atomic E-state index is 12.5. The Bertz CT molecular complexity index is 1420. The molecule has 0 aromatic heterocycles. The number of carboxylic acid groups (broad SMARTS) is 1. The lowest BCUT2D eigenvalue weighted by atomic mass is 9.46. The van der Waals surface area contributed by atoms with Crippen molar-refractivity contribution in [3.05, 3.63) is 51.6 Å². The summed E-state index contributed by atoms with van der Waals surface area (Å²) >= 11 is 0. The van der Waals surface area contributed by atoms with E-state index >= 15 is 0 Å². The number of non-ortho nitro benzene ring substituents is 1. The number of terminal acetylenes is 1. The maximum Gasteiger partial charge on any atom is 0.329 e. The molecular formula is C32H39N3O8. The van der Waals surface area contributed by atoms with E-state index in [1.165, 1.54) is 23.8 Å². The molecule has 3 saturated carbocycles. The summed E-state index contributed by atoms with van der Waals surface area (Å²) in [6.07, 6.45) is 13.2. The number of amides is 1. The van der Waals surface area contributed by atoms with Crippen molar-refractivity contribution in [2.75, 3.05) is 6.61 Å². The van der Waals surface area contributed by atoms with Gasteiger partial charge in [-0.25, -0.2) is 4.79 Å². The Labute approximate surface area is 250 Å². The van der Waals surface area contributed by atoms with Gasteiger partial charge in [0.25, 0.3) is 11.6 Å². The lowest BCUT2D eigenvalue weighted by molar-refractivity contribution is -0.385. The van der Waals surface area contributed by atoms with E-state index in [1.807, 2.05) is 0 Å². The molecule has 1 amide bonds. The summed E-state index contributed by atoms with van der Waals surface area (Å²) < 4.78 is 0. The third-order valence-electron chi connectivity index (χ3n) is 11.1. The van der Waals surface area contributed by atoms with Crippen LogP contribution in [-0.2, 0) is 14.4 Å². The van der Waals surface area contributed by atoms with E-state index in [2.05, 4.69) is 36.3 Å². The topological polar surface area (TPSA) is 172 Å². The average Bonchev–Trinajstić information content (AvgIpc) is 3.26. The Morgan fingerprint density at radius 1 is 1.21 bits per heavy atom. The van der Waals surface area contributed by atoms with Crippen LogP contribution < -0.4 is 5.32 Å². The molecule has 0 spiro atoms. The number of aliphatic hydroxyl groups is 2. The minimum atomic E-state index is -1.74. The number of aliphatic hydroxyl groups excluding tert-OH is 1. The van der Waals surface area contributed by atoms with E-state index in [-0.39, 0.29) is 22.1 Å². The minimum Gasteiger partial charge on any atom is -0.480 e. The molecule has 0 bridgehead atoms. The fourth-order valence-corrected chi connectivity index (χ4v) is 8.58. The fraction of sp³-hybridized carbons (Fsp3) is 0.594. The van der Waals surface area contributed by atoms with Gasteiger partial charge in [0.2, 0.25) is 0 Å². The van der Waals surface area contributed by atoms with Gasteiger partial charge in [0.1, 0.15) is 11.7 Å². The molecule has 0 saturated heterocycles. The van der Waals surface area contributed by atoms with Crippen molar-refractivity contribution in [3.63, 3.8) is 0 Å². The Morgan fingerprint density at radius 2 is 1.95 bits per heavy atom. The predicted octanol–water partition coefficient (Wildman–Crippen LogP) is 3.90. The first-order valence-electron chi connectivity index (χ1n) is 14.9. The van der Waals surface area contributed by atoms with Gasteiger partial charge in [0.15, 0.2) is 12.6 Å². The molecule has 8 atom stereocenters. The Kier molecular flexibility index (Phi) is 8.13. The minimum absolute atomic E-state index is 0.0167. The third kappa shape index (κ3) is 5.31. The van der Waals surface area contributed by atoms with Crippen molar-refractivity contribution in [2.24, 2.45) is 33.7 Å². The molecule has 43 heavy (non-hydrogen) atoms. The molecular weight excluding hydrogens is 554 g/mol. The molecule has 4 aliphatic rings. The number of rotatable bonds is 8. The van der Waals surface area contributed by atoms with Gasteiger partial charge in [-0.1, -0.05) is 42.6 Å². The van der Waals surface area contributed by atoms with Gasteiger partial charge in [0.05, 0.1) is 10.6 Å². The molecule has 11 nitrogen and oxygen atoms in total. The molecule has 11 heteroatoms. The van der Waals surface area contributed by atoms with Gasteiger partial charge in [-0.05, 0) is 86.2 Å². The average molecular weight is 594 g/mol. The number of nitrogens with zero attached hydrogens (tertiary/aromatic N) is 2. The van der Waals surface area contributed by atoms with Gasteiger partial charge in [0, 0.05) is 17.5 Å². The number of fused-ring (bicyclic) bond motifs is 5. The largest absolute Gasteiger partial charge is 0.480 e. The first kappa shape index (κ1) is 30.7. The summed E-state index contributed by atoms with van der Waals surface area (Å²) in [5, 5.41) is 48.7. The highest BCUT2D eigenvalue weighted by molar-refractivity contribution is 5.96. The normalized spacial score (nSPS) is 35.3. The Morgan fingerprint density at radius 3 is 2.65 bits per heavy atom. The van der Waals surface area contributed by atoms with E-state index < -0.39 is 41.2 Å². The summed E-state index contributed by atoms with van der Waals surface area (Å²) in [6, 6.07) is 3.20. The highest BCUT2D eigenvalue weighted by atomic mass is 16.6. The third-order valence-corrected chi connectivity index (χ3v) is 11.1. The second-order valence-corrected chi connectivity index (χ2v) is 13.0. The van der Waals surface area contributed by atoms with Crippen molar-refractivity contribution in [3.8, 4) is 12.3 Å². The predicted molar refractivity (Wildman–Crippen MR) is 156 cm³/mol. The number of carboxylic acids is 1. The zero-order valence-corrected chi connectivity index (χ0v) is 24.5. The maximum atomic E-state index is 12.5. The molecule has 0 radical (unpaired) electrons. The summed E-state index contributed by atoms with van der Waals surface area (Å²) in [7, 11) is 0. The van der Waals surface area contributed by atoms with E-state index in [0.29, 0.717) is 36.3 Å². The van der Waals surface area contributed by atoms with Crippen LogP contribution in [0.1, 0.15) is 76.9 Å². The van der Waals surface area contributed by atoms with Crippen molar-refractivity contribution >= 4 is 23.3 Å². The van der Waals surface area contributed by atoms with E-state index in [1.54, 1.807) is 0 Å². The van der Waals surface area contributed by atoms with Crippen molar-refractivity contribution < 1.29 is 34.7 Å². The van der Waals surface area contributed by atoms with Crippen LogP contribution in [0.3, 0.4) is 0 Å². The lowest BCUT2D eigenvalue weighted by Crippen LogP contribution is -2.54. The molecule has 3 fully saturated rings. The van der Waals surface area contributed by atoms with E-state index in [0.717, 1.165) is 44.6 Å². The van der Waals surface area contributed by atoms with Crippen LogP contribution >= 0.6 is 0 Å². The summed E-state index contributed by atoms with van der Waals surface area (Å²) in [5.41, 5.74) is 0.464. The van der Waals surface area contributed by atoms with E-state index in [9.17, 15) is 35.0 Å². The molecule has 0 unspecified atom stereocenters. The second kappa shape index (κ2) is 11.4. The number of nitro groups is 1. The number of carbonyl (C=O) groups is 2. The molecule has 4 N–H and O–H groups in total. The number of allylic oxidation sites excluding steroid dienone is 2. The van der Waals surface area contributed by atoms with Gasteiger partial charge < -0.3 is 25.5 Å². The molecule has 0 heterocycles. The van der Waals surface area contributed by atoms with Crippen LogP contribution in [0.25, 0.3) is 0 Å². The standard InChI is InChI=1S/C32H39N3O8/c1-4-32(40)15-12-25-23-9-8-20-17-21(10-13-30(20,2)24(23)11-14-31(25,32)3)34-43-18-26(36)33-27(29(38)39)28(37)19-6-5-7-22(16-19)35(41)42/h1,5-7,16-17,23-25,27-28,37,40H,8-15,18H2,2-3H3,(H,33,36)(H,38,39)/b34-21-/t23-,24-,25-,27+,28-,30+,31+,32+/m1/s1. The Balaban J connectivity index is 1.21. The Hall–Kier alpha value is -3.75. The lowest BCUT2D eigenvalue weighted by Gasteiger charge is -2.58. The fourth-order valence-electron chi connectivity index (χ4n) is 8.58. The molecule has 5 rings (SSSR count). The molecule has 4 aliphatic carbocycles. The second-order valence-electron chi connectivity index (χ2n) is 13.0. The number of aliphatic carboxylic acids is 1. The first-order chi connectivity index (χ1) is 20.3. The van der Waals surface area contributed by atoms with Crippen molar-refractivity contribution in [1.82, 2.24) is 5.32 Å². The smallest absolute Gasteiger partial charge is 0.329 e. The molecule has 1 aromatic rings. The molecule has 0 aliphatic heterocycles. The molecule has 230 valence electrons. The number of nitro benzene ring substituents is 1. The highest BCUT2D eigenvalue weighted by Crippen LogP contribution is 2.67. The van der Waals surface area contributed by atoms with Gasteiger partial charge in [-0.2, -0.15) is 0 Å². The highest BCUT2D eigenvalue weighted by Gasteiger charge is 2.63. The number of nitrogens with one attached hydrogen (secondary N) is 1. The summed E-state index contributed by atoms with van der Waals surface area (Å²) in [5.74, 6) is 1.85. The zero-order chi connectivity index (χ0) is 31.2. The number of carbonyl (C=O) groups excluding carboxylic acids is 1. The summed E-state index contributed by atoms with van der Waals surface area (Å²) in [4.78, 5) is 39.9. The van der Waals surface area contributed by atoms with Crippen LogP contribution in [0.2, 0.25) is 0 Å². The van der Waals surface area contributed by atoms with Gasteiger partial charge in [-0.15, -0.1) is 6.42 Å². The number of hydrogen-bond donors (Lipinski definition) is 4. The molecule has 1 aromatic carbocycles. The van der Waals surface area contributed by atoms with Crippen LogP contribution in [0.15, 0.2) is 41.1 Å². The monoisotopic (exact) mass is 593 g/mol. The number of hydrogen-bond acceptors (Lipinski definition) is 8. The van der Waals surface area contributed by atoms with Crippen molar-refractivity contribution in [1.29, 1.82) is 0 Å². The van der Waals surface area contributed by atoms with Crippen LogP contribution in [0, 0.1) is 51.0 Å². The van der Waals surface area contributed by atoms with Gasteiger partial charge >= 0.3 is 5.97 Å². The van der Waals surface area contributed by atoms with Gasteiger partial charge in [-0.3, -0.25) is 14.9 Å². The van der Waals surface area contributed by atoms with Crippen LogP contribution in [0.4, 0.5) is 5.69 Å². The number of benzene rings is 1. The summed E-state index contributed by atoms with van der Waals surface area (Å²) in [6.45, 7) is 3.96. The quantitative estimate of drug-likeness (QED) is 0.200. The van der Waals surface area contributed by atoms with E-state index in [4.69, 9.17) is 11.3 Å². The number of oxime groups is 1. The zero-order valence-electron chi connectivity index (χ0n) is 24.5. The SMILES string of the molecule is C#C[C@]1(O)CC[C@@H]2[C@@H]3CCC4=C/C(=N\OCC(=O)N[C@H](C(=O)O)[C@H](O)c5cccc([N+](=O)[O-])c5)CC[C@]4(C)[C@@H]3CC[C@@]21C. The first-order valence-corrected chi connectivity index (χ1v) is 14.9. The van der Waals surface area contributed by atoms with Crippen LogP contribution in [0.5, 0.6) is 0 Å². The van der Waals surface area contributed by atoms with Crippen molar-refractivity contribution in [2.45, 2.75) is 83.0 Å². The van der Waals surface area contributed by atoms with Crippen LogP contribution in [-0.4, -0.2) is 56.1 Å².